The van der Waals surface area contributed by atoms with Crippen molar-refractivity contribution in [1.29, 1.82) is 0 Å². The molecule has 1 atom stereocenters. The van der Waals surface area contributed by atoms with Gasteiger partial charge in [-0.25, -0.2) is 13.2 Å². The SMILES string of the molecule is CNC(Cc1ccncc1)c1c(F)cc(F)cc1F. The Labute approximate surface area is 109 Å². The molecule has 0 aliphatic carbocycles. The van der Waals surface area contributed by atoms with Crippen molar-refractivity contribution in [2.24, 2.45) is 0 Å². The maximum Gasteiger partial charge on any atom is 0.133 e. The molecule has 19 heavy (non-hydrogen) atoms. The Bertz CT molecular complexity index is 535. The molecule has 2 nitrogen and oxygen atoms in total. The van der Waals surface area contributed by atoms with E-state index in [1.165, 1.54) is 0 Å². The molecule has 0 saturated carbocycles. The molecule has 0 saturated heterocycles. The largest absolute Gasteiger partial charge is 0.313 e. The minimum atomic E-state index is -0.919. The fraction of sp³-hybridized carbons (Fsp3) is 0.214. The van der Waals surface area contributed by atoms with Crippen LogP contribution in [-0.4, -0.2) is 12.0 Å². The molecule has 0 radical (unpaired) electrons. The number of nitrogens with zero attached hydrogens (tertiary/aromatic N) is 1. The first kappa shape index (κ1) is 13.5. The Hall–Kier alpha value is -1.88. The van der Waals surface area contributed by atoms with Gasteiger partial charge in [-0.05, 0) is 31.2 Å². The lowest BCUT2D eigenvalue weighted by Crippen LogP contribution is -2.21. The number of benzene rings is 1. The van der Waals surface area contributed by atoms with E-state index in [0.29, 0.717) is 18.6 Å². The van der Waals surface area contributed by atoms with Gasteiger partial charge in [0.25, 0.3) is 0 Å². The zero-order chi connectivity index (χ0) is 13.8. The average molecular weight is 266 g/mol. The van der Waals surface area contributed by atoms with E-state index < -0.39 is 23.5 Å². The summed E-state index contributed by atoms with van der Waals surface area (Å²) < 4.78 is 40.3. The molecule has 0 fully saturated rings. The van der Waals surface area contributed by atoms with E-state index >= 15 is 0 Å². The molecule has 0 spiro atoms. The third-order valence-corrected chi connectivity index (χ3v) is 2.93. The van der Waals surface area contributed by atoms with Crippen molar-refractivity contribution in [3.05, 3.63) is 65.2 Å². The van der Waals surface area contributed by atoms with Crippen molar-refractivity contribution >= 4 is 0 Å². The van der Waals surface area contributed by atoms with Gasteiger partial charge < -0.3 is 5.32 Å². The predicted octanol–water partition coefficient (Wildman–Crippen LogP) is 3.00. The quantitative estimate of drug-likeness (QED) is 0.920. The van der Waals surface area contributed by atoms with Crippen molar-refractivity contribution in [3.63, 3.8) is 0 Å². The summed E-state index contributed by atoms with van der Waals surface area (Å²) in [5, 5.41) is 2.85. The van der Waals surface area contributed by atoms with Gasteiger partial charge in [-0.1, -0.05) is 0 Å². The Morgan fingerprint density at radius 2 is 1.68 bits per heavy atom. The van der Waals surface area contributed by atoms with Gasteiger partial charge in [-0.2, -0.15) is 0 Å². The van der Waals surface area contributed by atoms with Crippen LogP contribution in [0.3, 0.4) is 0 Å². The van der Waals surface area contributed by atoms with Gasteiger partial charge >= 0.3 is 0 Å². The van der Waals surface area contributed by atoms with Gasteiger partial charge in [0.1, 0.15) is 17.5 Å². The van der Waals surface area contributed by atoms with E-state index in [1.54, 1.807) is 31.6 Å². The molecular weight excluding hydrogens is 253 g/mol. The Morgan fingerprint density at radius 1 is 1.11 bits per heavy atom. The van der Waals surface area contributed by atoms with Gasteiger partial charge in [0, 0.05) is 36.1 Å². The van der Waals surface area contributed by atoms with E-state index in [4.69, 9.17) is 0 Å². The van der Waals surface area contributed by atoms with E-state index in [0.717, 1.165) is 5.56 Å². The van der Waals surface area contributed by atoms with Crippen LogP contribution in [0.5, 0.6) is 0 Å². The van der Waals surface area contributed by atoms with Crippen LogP contribution < -0.4 is 5.32 Å². The third kappa shape index (κ3) is 3.12. The summed E-state index contributed by atoms with van der Waals surface area (Å²) in [4.78, 5) is 3.88. The van der Waals surface area contributed by atoms with Gasteiger partial charge in [-0.3, -0.25) is 4.98 Å². The van der Waals surface area contributed by atoms with Crippen LogP contribution in [0.2, 0.25) is 0 Å². The van der Waals surface area contributed by atoms with Crippen LogP contribution in [0.25, 0.3) is 0 Å². The lowest BCUT2D eigenvalue weighted by atomic mass is 9.98. The Balaban J connectivity index is 2.32. The molecule has 1 heterocycles. The molecule has 5 heteroatoms. The molecule has 2 rings (SSSR count). The van der Waals surface area contributed by atoms with Crippen LogP contribution in [0.4, 0.5) is 13.2 Å². The molecule has 1 unspecified atom stereocenters. The van der Waals surface area contributed by atoms with Crippen molar-refractivity contribution in [2.75, 3.05) is 7.05 Å². The summed E-state index contributed by atoms with van der Waals surface area (Å²) in [5.74, 6) is -2.69. The summed E-state index contributed by atoms with van der Waals surface area (Å²) in [6.45, 7) is 0. The second-order valence-corrected chi connectivity index (χ2v) is 4.18. The molecule has 0 aliphatic heterocycles. The number of pyridine rings is 1. The lowest BCUT2D eigenvalue weighted by molar-refractivity contribution is 0.475. The Kier molecular flexibility index (Phi) is 4.16. The molecular formula is C14H13F3N2. The first-order valence-corrected chi connectivity index (χ1v) is 5.82. The van der Waals surface area contributed by atoms with Crippen molar-refractivity contribution < 1.29 is 13.2 Å². The van der Waals surface area contributed by atoms with Crippen LogP contribution in [0.15, 0.2) is 36.7 Å². The Morgan fingerprint density at radius 3 is 2.21 bits per heavy atom. The number of halogens is 3. The highest BCUT2D eigenvalue weighted by molar-refractivity contribution is 5.26. The number of aromatic nitrogens is 1. The number of hydrogen-bond donors (Lipinski definition) is 1. The molecule has 2 aromatic rings. The highest BCUT2D eigenvalue weighted by Gasteiger charge is 2.20. The topological polar surface area (TPSA) is 24.9 Å². The maximum absolute atomic E-state index is 13.7. The van der Waals surface area contributed by atoms with Gasteiger partial charge in [0.2, 0.25) is 0 Å². The van der Waals surface area contributed by atoms with E-state index in [9.17, 15) is 13.2 Å². The number of nitrogens with one attached hydrogen (secondary N) is 1. The van der Waals surface area contributed by atoms with Crippen LogP contribution in [0, 0.1) is 17.5 Å². The first-order valence-electron chi connectivity index (χ1n) is 5.82. The van der Waals surface area contributed by atoms with Crippen LogP contribution >= 0.6 is 0 Å². The number of rotatable bonds is 4. The second kappa shape index (κ2) is 5.84. The molecule has 1 aromatic heterocycles. The van der Waals surface area contributed by atoms with Crippen LogP contribution in [0.1, 0.15) is 17.2 Å². The summed E-state index contributed by atoms with van der Waals surface area (Å²) in [5.41, 5.74) is 0.734. The summed E-state index contributed by atoms with van der Waals surface area (Å²) >= 11 is 0. The molecule has 0 bridgehead atoms. The van der Waals surface area contributed by atoms with Gasteiger partial charge in [-0.15, -0.1) is 0 Å². The maximum atomic E-state index is 13.7. The zero-order valence-electron chi connectivity index (χ0n) is 10.3. The summed E-state index contributed by atoms with van der Waals surface area (Å²) in [6.07, 6.45) is 3.61. The molecule has 0 amide bonds. The highest BCUT2D eigenvalue weighted by atomic mass is 19.1. The molecule has 1 N–H and O–H groups in total. The van der Waals surface area contributed by atoms with Crippen LogP contribution in [-0.2, 0) is 6.42 Å². The fourth-order valence-electron chi connectivity index (χ4n) is 1.99. The standard InChI is InChI=1S/C14H13F3N2/c1-18-13(6-9-2-4-19-5-3-9)14-11(16)7-10(15)8-12(14)17/h2-5,7-8,13,18H,6H2,1H3. The molecule has 1 aromatic carbocycles. The third-order valence-electron chi connectivity index (χ3n) is 2.93. The second-order valence-electron chi connectivity index (χ2n) is 4.18. The molecule has 100 valence electrons. The van der Waals surface area contributed by atoms with E-state index in [2.05, 4.69) is 10.3 Å². The minimum absolute atomic E-state index is 0.152. The smallest absolute Gasteiger partial charge is 0.133 e. The lowest BCUT2D eigenvalue weighted by Gasteiger charge is -2.18. The number of hydrogen-bond acceptors (Lipinski definition) is 2. The minimum Gasteiger partial charge on any atom is -0.313 e. The first-order chi connectivity index (χ1) is 9.11. The van der Waals surface area contributed by atoms with Gasteiger partial charge in [0.05, 0.1) is 0 Å². The van der Waals surface area contributed by atoms with E-state index in [1.807, 2.05) is 0 Å². The highest BCUT2D eigenvalue weighted by Crippen LogP contribution is 2.24. The van der Waals surface area contributed by atoms with Crippen molar-refractivity contribution in [1.82, 2.24) is 10.3 Å². The van der Waals surface area contributed by atoms with Gasteiger partial charge in [0.15, 0.2) is 0 Å². The van der Waals surface area contributed by atoms with Crippen molar-refractivity contribution in [3.8, 4) is 0 Å². The monoisotopic (exact) mass is 266 g/mol. The average Bonchev–Trinajstić information content (AvgIpc) is 2.37. The molecule has 0 aliphatic rings. The number of likely N-dealkylation sites (N-methyl/N-ethyl adjacent to an activating group) is 1. The summed E-state index contributed by atoms with van der Waals surface area (Å²) in [7, 11) is 1.61. The fourth-order valence-corrected chi connectivity index (χ4v) is 1.99. The summed E-state index contributed by atoms with van der Waals surface area (Å²) in [6, 6.07) is 4.35. The van der Waals surface area contributed by atoms with Crippen molar-refractivity contribution in [2.45, 2.75) is 12.5 Å². The predicted molar refractivity (Wildman–Crippen MR) is 66.1 cm³/mol. The normalized spacial score (nSPS) is 12.4. The zero-order valence-corrected chi connectivity index (χ0v) is 10.3. The van der Waals surface area contributed by atoms with E-state index in [-0.39, 0.29) is 5.56 Å².